The van der Waals surface area contributed by atoms with Gasteiger partial charge < -0.3 is 10.2 Å². The molecule has 0 heterocycles. The summed E-state index contributed by atoms with van der Waals surface area (Å²) in [4.78, 5) is 10.5. The van der Waals surface area contributed by atoms with Crippen LogP contribution >= 0.6 is 0 Å². The topological polar surface area (TPSA) is 57.5 Å². The number of rotatable bonds is 13. The Morgan fingerprint density at radius 1 is 1.00 bits per heavy atom. The summed E-state index contributed by atoms with van der Waals surface area (Å²) in [5.41, 5.74) is 0. The van der Waals surface area contributed by atoms with E-state index in [9.17, 15) is 4.79 Å². The predicted octanol–water partition coefficient (Wildman–Crippen LogP) is 4.16. The Morgan fingerprint density at radius 3 is 2.21 bits per heavy atom. The number of aliphatic hydroxyl groups excluding tert-OH is 1. The van der Waals surface area contributed by atoms with Gasteiger partial charge in [-0.3, -0.25) is 4.79 Å². The summed E-state index contributed by atoms with van der Waals surface area (Å²) >= 11 is 0. The highest BCUT2D eigenvalue weighted by molar-refractivity contribution is 5.66. The number of hydrogen-bond donors (Lipinski definition) is 2. The molecule has 0 aromatic carbocycles. The molecule has 0 radical (unpaired) electrons. The molecule has 0 spiro atoms. The van der Waals surface area contributed by atoms with E-state index in [1.165, 1.54) is 19.3 Å². The van der Waals surface area contributed by atoms with Crippen LogP contribution in [0.4, 0.5) is 0 Å². The minimum atomic E-state index is -0.691. The highest BCUT2D eigenvalue weighted by atomic mass is 16.4. The molecule has 0 saturated carbocycles. The highest BCUT2D eigenvalue weighted by Crippen LogP contribution is 2.12. The molecule has 1 unspecified atom stereocenters. The van der Waals surface area contributed by atoms with Crippen molar-refractivity contribution in [3.8, 4) is 0 Å². The molecule has 0 aliphatic heterocycles. The maximum atomic E-state index is 10.5. The highest BCUT2D eigenvalue weighted by Gasteiger charge is 2.05. The first-order chi connectivity index (χ1) is 9.16. The van der Waals surface area contributed by atoms with E-state index in [2.05, 4.69) is 12.2 Å². The van der Waals surface area contributed by atoms with Gasteiger partial charge in [0.1, 0.15) is 0 Å². The maximum absolute atomic E-state index is 10.5. The molecule has 0 saturated heterocycles. The molecule has 19 heavy (non-hydrogen) atoms. The third kappa shape index (κ3) is 15.1. The molecule has 0 aromatic heterocycles. The summed E-state index contributed by atoms with van der Waals surface area (Å²) in [5, 5.41) is 17.3. The van der Waals surface area contributed by atoms with Gasteiger partial charge in [-0.05, 0) is 44.4 Å². The molecule has 0 amide bonds. The molecule has 0 fully saturated rings. The summed E-state index contributed by atoms with van der Waals surface area (Å²) in [5.74, 6) is -0.401. The van der Waals surface area contributed by atoms with Crippen LogP contribution in [0, 0.1) is 5.92 Å². The first-order valence-corrected chi connectivity index (χ1v) is 7.64. The Kier molecular flexibility index (Phi) is 13.0. The molecule has 0 aromatic rings. The monoisotopic (exact) mass is 270 g/mol. The molecular weight excluding hydrogens is 240 g/mol. The zero-order valence-corrected chi connectivity index (χ0v) is 12.3. The fourth-order valence-electron chi connectivity index (χ4n) is 2.12. The predicted molar refractivity (Wildman–Crippen MR) is 79.2 cm³/mol. The van der Waals surface area contributed by atoms with E-state index in [4.69, 9.17) is 10.2 Å². The average molecular weight is 270 g/mol. The third-order valence-electron chi connectivity index (χ3n) is 3.29. The number of aliphatic carboxylic acids is 1. The average Bonchev–Trinajstić information content (AvgIpc) is 2.35. The van der Waals surface area contributed by atoms with Gasteiger partial charge in [-0.2, -0.15) is 0 Å². The first-order valence-electron chi connectivity index (χ1n) is 7.64. The standard InChI is InChI=1S/C16H30O3/c1-15(14-16(18)19)12-10-8-6-4-2-3-5-7-9-11-13-17/h4,6,15,17H,2-3,5,7-14H2,1H3,(H,18,19). The molecule has 0 aliphatic carbocycles. The number of unbranched alkanes of at least 4 members (excludes halogenated alkanes) is 6. The summed E-state index contributed by atoms with van der Waals surface area (Å²) in [6.45, 7) is 2.32. The maximum Gasteiger partial charge on any atom is 0.303 e. The van der Waals surface area contributed by atoms with E-state index in [0.29, 0.717) is 6.61 Å². The van der Waals surface area contributed by atoms with Gasteiger partial charge in [-0.1, -0.05) is 38.3 Å². The van der Waals surface area contributed by atoms with Crippen molar-refractivity contribution in [3.63, 3.8) is 0 Å². The fourth-order valence-corrected chi connectivity index (χ4v) is 2.12. The van der Waals surface area contributed by atoms with Gasteiger partial charge in [0.2, 0.25) is 0 Å². The van der Waals surface area contributed by atoms with Crippen LogP contribution in [0.25, 0.3) is 0 Å². The minimum absolute atomic E-state index is 0.289. The zero-order valence-electron chi connectivity index (χ0n) is 12.3. The van der Waals surface area contributed by atoms with Crippen molar-refractivity contribution >= 4 is 5.97 Å². The number of allylic oxidation sites excluding steroid dienone is 2. The molecule has 0 rings (SSSR count). The minimum Gasteiger partial charge on any atom is -0.481 e. The molecule has 112 valence electrons. The smallest absolute Gasteiger partial charge is 0.303 e. The van der Waals surface area contributed by atoms with Crippen LogP contribution < -0.4 is 0 Å². The van der Waals surface area contributed by atoms with E-state index in [1.807, 2.05) is 6.92 Å². The summed E-state index contributed by atoms with van der Waals surface area (Å²) in [6, 6.07) is 0. The second-order valence-electron chi connectivity index (χ2n) is 5.39. The summed E-state index contributed by atoms with van der Waals surface area (Å²) in [7, 11) is 0. The SMILES string of the molecule is CC(CCCC=CCCCCCCCO)CC(=O)O. The van der Waals surface area contributed by atoms with Crippen molar-refractivity contribution in [1.82, 2.24) is 0 Å². The lowest BCUT2D eigenvalue weighted by Crippen LogP contribution is -2.03. The van der Waals surface area contributed by atoms with Crippen molar-refractivity contribution in [2.75, 3.05) is 6.61 Å². The number of hydrogen-bond acceptors (Lipinski definition) is 2. The van der Waals surface area contributed by atoms with Crippen molar-refractivity contribution < 1.29 is 15.0 Å². The number of aliphatic hydroxyl groups is 1. The number of carboxylic acid groups (broad SMARTS) is 1. The van der Waals surface area contributed by atoms with Crippen molar-refractivity contribution in [1.29, 1.82) is 0 Å². The van der Waals surface area contributed by atoms with Gasteiger partial charge in [-0.25, -0.2) is 0 Å². The zero-order chi connectivity index (χ0) is 14.3. The van der Waals surface area contributed by atoms with E-state index in [-0.39, 0.29) is 12.3 Å². The molecule has 0 aliphatic rings. The molecule has 3 heteroatoms. The largest absolute Gasteiger partial charge is 0.481 e. The van der Waals surface area contributed by atoms with E-state index in [0.717, 1.165) is 38.5 Å². The first kappa shape index (κ1) is 18.2. The van der Waals surface area contributed by atoms with Gasteiger partial charge in [0.15, 0.2) is 0 Å². The van der Waals surface area contributed by atoms with Crippen LogP contribution in [0.15, 0.2) is 12.2 Å². The van der Waals surface area contributed by atoms with Crippen LogP contribution in [-0.4, -0.2) is 22.8 Å². The molecule has 2 N–H and O–H groups in total. The van der Waals surface area contributed by atoms with Crippen molar-refractivity contribution in [3.05, 3.63) is 12.2 Å². The van der Waals surface area contributed by atoms with Gasteiger partial charge in [-0.15, -0.1) is 0 Å². The third-order valence-corrected chi connectivity index (χ3v) is 3.29. The van der Waals surface area contributed by atoms with Crippen LogP contribution in [0.1, 0.15) is 71.1 Å². The van der Waals surface area contributed by atoms with Crippen LogP contribution in [-0.2, 0) is 4.79 Å². The lowest BCUT2D eigenvalue weighted by atomic mass is 10.0. The number of carboxylic acids is 1. The molecule has 1 atom stereocenters. The van der Waals surface area contributed by atoms with E-state index in [1.54, 1.807) is 0 Å². The molecule has 3 nitrogen and oxygen atoms in total. The van der Waals surface area contributed by atoms with Gasteiger partial charge in [0.05, 0.1) is 0 Å². The Morgan fingerprint density at radius 2 is 1.58 bits per heavy atom. The quantitative estimate of drug-likeness (QED) is 0.390. The second-order valence-corrected chi connectivity index (χ2v) is 5.39. The summed E-state index contributed by atoms with van der Waals surface area (Å²) < 4.78 is 0. The van der Waals surface area contributed by atoms with E-state index < -0.39 is 5.97 Å². The lowest BCUT2D eigenvalue weighted by molar-refractivity contribution is -0.138. The van der Waals surface area contributed by atoms with Gasteiger partial charge >= 0.3 is 5.97 Å². The molecule has 0 bridgehead atoms. The Balaban J connectivity index is 3.23. The van der Waals surface area contributed by atoms with Crippen LogP contribution in [0.3, 0.4) is 0 Å². The van der Waals surface area contributed by atoms with Crippen molar-refractivity contribution in [2.45, 2.75) is 71.1 Å². The molecular formula is C16H30O3. The Hall–Kier alpha value is -0.830. The van der Waals surface area contributed by atoms with Crippen LogP contribution in [0.5, 0.6) is 0 Å². The summed E-state index contributed by atoms with van der Waals surface area (Å²) in [6.07, 6.45) is 14.8. The Bertz CT molecular complexity index is 236. The Labute approximate surface area is 117 Å². The van der Waals surface area contributed by atoms with Gasteiger partial charge in [0, 0.05) is 13.0 Å². The van der Waals surface area contributed by atoms with Crippen molar-refractivity contribution in [2.24, 2.45) is 5.92 Å². The van der Waals surface area contributed by atoms with Gasteiger partial charge in [0.25, 0.3) is 0 Å². The lowest BCUT2D eigenvalue weighted by Gasteiger charge is -2.06. The fraction of sp³-hybridized carbons (Fsp3) is 0.812. The van der Waals surface area contributed by atoms with E-state index >= 15 is 0 Å². The normalized spacial score (nSPS) is 12.9. The van der Waals surface area contributed by atoms with Crippen LogP contribution in [0.2, 0.25) is 0 Å². The second kappa shape index (κ2) is 13.6. The number of carbonyl (C=O) groups is 1.